The Morgan fingerprint density at radius 1 is 1.17 bits per heavy atom. The quantitative estimate of drug-likeness (QED) is 0.420. The zero-order valence-electron chi connectivity index (χ0n) is 16.8. The highest BCUT2D eigenvalue weighted by Crippen LogP contribution is 2.26. The summed E-state index contributed by atoms with van der Waals surface area (Å²) in [7, 11) is 0. The van der Waals surface area contributed by atoms with E-state index in [1.807, 2.05) is 67.8 Å². The van der Waals surface area contributed by atoms with Crippen molar-refractivity contribution in [3.8, 4) is 5.75 Å². The molecular weight excluding hydrogens is 418 g/mol. The fourth-order valence-electron chi connectivity index (χ4n) is 3.41. The molecule has 7 heteroatoms. The number of hydrogen-bond donors (Lipinski definition) is 1. The number of imidazole rings is 1. The van der Waals surface area contributed by atoms with Crippen LogP contribution in [-0.2, 0) is 13.1 Å². The van der Waals surface area contributed by atoms with Crippen molar-refractivity contribution in [1.82, 2.24) is 14.9 Å². The van der Waals surface area contributed by atoms with Crippen LogP contribution in [0, 0.1) is 13.8 Å². The number of nitrogens with zero attached hydrogens (tertiary/aromatic N) is 2. The molecule has 2 aromatic carbocycles. The maximum Gasteiger partial charge on any atom is 0.261 e. The van der Waals surface area contributed by atoms with Crippen molar-refractivity contribution in [2.45, 2.75) is 26.9 Å². The molecule has 0 bridgehead atoms. The van der Waals surface area contributed by atoms with Gasteiger partial charge in [0.25, 0.3) is 5.91 Å². The van der Waals surface area contributed by atoms with E-state index in [1.54, 1.807) is 0 Å². The van der Waals surface area contributed by atoms with E-state index < -0.39 is 0 Å². The maximum absolute atomic E-state index is 12.3. The lowest BCUT2D eigenvalue weighted by Crippen LogP contribution is -2.24. The maximum atomic E-state index is 12.3. The van der Waals surface area contributed by atoms with Gasteiger partial charge in [-0.25, -0.2) is 4.98 Å². The molecule has 0 aliphatic carbocycles. The second-order valence-corrected chi connectivity index (χ2v) is 8.37. The van der Waals surface area contributed by atoms with Gasteiger partial charge in [-0.2, -0.15) is 0 Å². The van der Waals surface area contributed by atoms with E-state index in [0.717, 1.165) is 38.8 Å². The number of thiophene rings is 1. The summed E-state index contributed by atoms with van der Waals surface area (Å²) >= 11 is 7.67. The van der Waals surface area contributed by atoms with Gasteiger partial charge in [-0.1, -0.05) is 29.8 Å². The van der Waals surface area contributed by atoms with E-state index in [4.69, 9.17) is 21.3 Å². The Morgan fingerprint density at radius 3 is 2.67 bits per heavy atom. The van der Waals surface area contributed by atoms with Crippen molar-refractivity contribution >= 4 is 39.9 Å². The Bertz CT molecular complexity index is 1160. The first-order valence-corrected chi connectivity index (χ1v) is 10.9. The molecule has 0 unspecified atom stereocenters. The lowest BCUT2D eigenvalue weighted by molar-refractivity contribution is 0.0953. The number of aromatic nitrogens is 2. The van der Waals surface area contributed by atoms with E-state index in [1.165, 1.54) is 11.3 Å². The molecule has 0 atom stereocenters. The summed E-state index contributed by atoms with van der Waals surface area (Å²) in [6.07, 6.45) is 0. The zero-order valence-corrected chi connectivity index (χ0v) is 18.4. The van der Waals surface area contributed by atoms with E-state index in [-0.39, 0.29) is 5.91 Å². The van der Waals surface area contributed by atoms with E-state index in [2.05, 4.69) is 9.88 Å². The van der Waals surface area contributed by atoms with Gasteiger partial charge in [-0.15, -0.1) is 11.3 Å². The molecule has 0 saturated carbocycles. The number of carbonyl (C=O) groups is 1. The number of aryl methyl sites for hydroxylation is 2. The predicted octanol–water partition coefficient (Wildman–Crippen LogP) is 5.38. The van der Waals surface area contributed by atoms with Gasteiger partial charge in [-0.3, -0.25) is 4.79 Å². The van der Waals surface area contributed by atoms with E-state index >= 15 is 0 Å². The van der Waals surface area contributed by atoms with Gasteiger partial charge in [0.2, 0.25) is 0 Å². The highest BCUT2D eigenvalue weighted by Gasteiger charge is 2.13. The topological polar surface area (TPSA) is 56.1 Å². The van der Waals surface area contributed by atoms with Crippen molar-refractivity contribution < 1.29 is 9.53 Å². The number of carbonyl (C=O) groups excluding carboxylic acids is 1. The average Bonchev–Trinajstić information content (AvgIpc) is 3.39. The normalized spacial score (nSPS) is 11.0. The number of benzene rings is 2. The fraction of sp³-hybridized carbons (Fsp3) is 0.217. The first-order valence-electron chi connectivity index (χ1n) is 9.68. The molecule has 154 valence electrons. The fourth-order valence-corrected chi connectivity index (χ4v) is 4.16. The van der Waals surface area contributed by atoms with Crippen LogP contribution in [0.3, 0.4) is 0 Å². The molecule has 0 spiro atoms. The molecule has 0 radical (unpaired) electrons. The molecule has 5 nitrogen and oxygen atoms in total. The predicted molar refractivity (Wildman–Crippen MR) is 122 cm³/mol. The summed E-state index contributed by atoms with van der Waals surface area (Å²) in [6, 6.07) is 15.5. The van der Waals surface area contributed by atoms with Crippen LogP contribution in [0.4, 0.5) is 0 Å². The summed E-state index contributed by atoms with van der Waals surface area (Å²) in [4.78, 5) is 17.7. The summed E-state index contributed by atoms with van der Waals surface area (Å²) in [5.41, 5.74) is 3.91. The number of hydrogen-bond acceptors (Lipinski definition) is 4. The van der Waals surface area contributed by atoms with Gasteiger partial charge in [0.15, 0.2) is 0 Å². The van der Waals surface area contributed by atoms with Crippen LogP contribution in [-0.4, -0.2) is 22.1 Å². The second-order valence-electron chi connectivity index (χ2n) is 7.05. The minimum atomic E-state index is -0.0908. The highest BCUT2D eigenvalue weighted by molar-refractivity contribution is 7.12. The largest absolute Gasteiger partial charge is 0.492 e. The van der Waals surface area contributed by atoms with Crippen molar-refractivity contribution in [2.24, 2.45) is 0 Å². The summed E-state index contributed by atoms with van der Waals surface area (Å²) < 4.78 is 8.09. The van der Waals surface area contributed by atoms with Crippen LogP contribution >= 0.6 is 22.9 Å². The second kappa shape index (κ2) is 8.90. The lowest BCUT2D eigenvalue weighted by Gasteiger charge is -2.13. The number of para-hydroxylation sites is 2. The van der Waals surface area contributed by atoms with Gasteiger partial charge < -0.3 is 14.6 Å². The molecule has 0 saturated heterocycles. The minimum absolute atomic E-state index is 0.0908. The Hall–Kier alpha value is -2.83. The van der Waals surface area contributed by atoms with Crippen LogP contribution in [0.5, 0.6) is 5.75 Å². The first-order chi connectivity index (χ1) is 14.5. The lowest BCUT2D eigenvalue weighted by atomic mass is 10.1. The molecular formula is C23H22ClN3O2S. The molecule has 0 aliphatic rings. The molecule has 0 fully saturated rings. The smallest absolute Gasteiger partial charge is 0.261 e. The summed E-state index contributed by atoms with van der Waals surface area (Å²) in [5.74, 6) is 1.51. The Labute approximate surface area is 184 Å². The number of rotatable bonds is 7. The number of ether oxygens (including phenoxy) is 1. The highest BCUT2D eigenvalue weighted by atomic mass is 35.5. The first kappa shape index (κ1) is 20.4. The van der Waals surface area contributed by atoms with Crippen LogP contribution in [0.15, 0.2) is 53.9 Å². The molecule has 1 amide bonds. The van der Waals surface area contributed by atoms with E-state index in [9.17, 15) is 4.79 Å². The van der Waals surface area contributed by atoms with Crippen LogP contribution < -0.4 is 10.1 Å². The molecule has 30 heavy (non-hydrogen) atoms. The molecule has 1 N–H and O–H groups in total. The monoisotopic (exact) mass is 439 g/mol. The SMILES string of the molecule is Cc1cc(OCCn2c(CNC(=O)c3cccs3)nc3ccccc32)cc(C)c1Cl. The zero-order chi connectivity index (χ0) is 21.1. The van der Waals surface area contributed by atoms with Crippen molar-refractivity contribution in [2.75, 3.05) is 6.61 Å². The number of nitrogens with one attached hydrogen (secondary N) is 1. The minimum Gasteiger partial charge on any atom is -0.492 e. The molecule has 4 rings (SSSR count). The van der Waals surface area contributed by atoms with Gasteiger partial charge in [0.05, 0.1) is 29.0 Å². The van der Waals surface area contributed by atoms with Gasteiger partial charge >= 0.3 is 0 Å². The molecule has 4 aromatic rings. The van der Waals surface area contributed by atoms with Crippen molar-refractivity contribution in [3.05, 3.63) is 80.8 Å². The van der Waals surface area contributed by atoms with Crippen LogP contribution in [0.1, 0.15) is 26.6 Å². The van der Waals surface area contributed by atoms with E-state index in [0.29, 0.717) is 24.6 Å². The van der Waals surface area contributed by atoms with Gasteiger partial charge in [0.1, 0.15) is 18.2 Å². The van der Waals surface area contributed by atoms with Crippen LogP contribution in [0.2, 0.25) is 5.02 Å². The third kappa shape index (κ3) is 4.35. The Balaban J connectivity index is 1.49. The number of fused-ring (bicyclic) bond motifs is 1. The number of halogens is 1. The van der Waals surface area contributed by atoms with Crippen LogP contribution in [0.25, 0.3) is 11.0 Å². The standard InChI is InChI=1S/C23H22ClN3O2S/c1-15-12-17(13-16(2)22(15)24)29-10-9-27-19-7-4-3-6-18(19)26-21(27)14-25-23(28)20-8-5-11-30-20/h3-8,11-13H,9-10,14H2,1-2H3,(H,25,28). The molecule has 2 heterocycles. The average molecular weight is 440 g/mol. The third-order valence-electron chi connectivity index (χ3n) is 4.88. The molecule has 0 aliphatic heterocycles. The Morgan fingerprint density at radius 2 is 1.93 bits per heavy atom. The van der Waals surface area contributed by atoms with Gasteiger partial charge in [0, 0.05) is 5.02 Å². The number of amides is 1. The summed E-state index contributed by atoms with van der Waals surface area (Å²) in [5, 5.41) is 5.63. The van der Waals surface area contributed by atoms with Gasteiger partial charge in [-0.05, 0) is 60.7 Å². The summed E-state index contributed by atoms with van der Waals surface area (Å²) in [6.45, 7) is 5.39. The molecule has 2 aromatic heterocycles. The van der Waals surface area contributed by atoms with Crippen molar-refractivity contribution in [3.63, 3.8) is 0 Å². The van der Waals surface area contributed by atoms with Crippen molar-refractivity contribution in [1.29, 1.82) is 0 Å². The Kier molecular flexibility index (Phi) is 6.06. The third-order valence-corrected chi connectivity index (χ3v) is 6.34.